The summed E-state index contributed by atoms with van der Waals surface area (Å²) in [6.07, 6.45) is 0.652. The quantitative estimate of drug-likeness (QED) is 0.177. The smallest absolute Gasteiger partial charge is 0.327 e. The Morgan fingerprint density at radius 3 is 2.43 bits per heavy atom. The zero-order valence-electron chi connectivity index (χ0n) is 19.9. The number of unbranched alkanes of at least 4 members (excludes halogenated alkanes) is 1. The molecule has 0 amide bonds. The number of carboxylic acid groups (broad SMARTS) is 1. The Hall–Kier alpha value is -3.45. The number of methoxy groups -OCH3 is 1. The highest BCUT2D eigenvalue weighted by Gasteiger charge is 2.30. The number of carbonyl (C=O) groups is 1. The third kappa shape index (κ3) is 5.93. The van der Waals surface area contributed by atoms with Crippen LogP contribution in [-0.4, -0.2) is 48.0 Å². The molecule has 4 aromatic rings. The van der Waals surface area contributed by atoms with Crippen molar-refractivity contribution in [3.63, 3.8) is 0 Å². The van der Waals surface area contributed by atoms with Gasteiger partial charge in [-0.25, -0.2) is 22.1 Å². The second-order valence-electron chi connectivity index (χ2n) is 8.26. The lowest BCUT2D eigenvalue weighted by atomic mass is 10.1. The maximum Gasteiger partial charge on any atom is 0.327 e. The number of fused-ring (bicyclic) bond motifs is 3. The Morgan fingerprint density at radius 1 is 1.05 bits per heavy atom. The first kappa shape index (κ1) is 26.6. The first-order chi connectivity index (χ1) is 17.7. The van der Waals surface area contributed by atoms with Gasteiger partial charge in [0, 0.05) is 17.3 Å². The summed E-state index contributed by atoms with van der Waals surface area (Å²) in [5.41, 5.74) is 1.48. The van der Waals surface area contributed by atoms with Crippen LogP contribution in [0, 0.1) is 0 Å². The lowest BCUT2D eigenvalue weighted by Gasteiger charge is -2.27. The number of para-hydroxylation sites is 1. The van der Waals surface area contributed by atoms with Gasteiger partial charge in [-0.3, -0.25) is 8.86 Å². The summed E-state index contributed by atoms with van der Waals surface area (Å²) >= 11 is -2.62. The topological polar surface area (TPSA) is 146 Å². The molecule has 0 saturated carbocycles. The predicted molar refractivity (Wildman–Crippen MR) is 140 cm³/mol. The molecule has 2 atom stereocenters. The van der Waals surface area contributed by atoms with Crippen LogP contribution in [0.1, 0.15) is 19.3 Å². The van der Waals surface area contributed by atoms with Crippen LogP contribution in [0.15, 0.2) is 76.0 Å². The van der Waals surface area contributed by atoms with Crippen LogP contribution >= 0.6 is 0 Å². The molecule has 3 N–H and O–H groups in total. The van der Waals surface area contributed by atoms with Crippen molar-refractivity contribution in [1.82, 2.24) is 4.72 Å². The molecule has 1 aromatic heterocycles. The van der Waals surface area contributed by atoms with E-state index < -0.39 is 33.3 Å². The number of anilines is 1. The number of furan rings is 1. The lowest BCUT2D eigenvalue weighted by Crippen LogP contribution is -2.42. The molecule has 37 heavy (non-hydrogen) atoms. The number of rotatable bonds is 12. The average molecular weight is 547 g/mol. The van der Waals surface area contributed by atoms with E-state index in [1.54, 1.807) is 30.3 Å². The molecule has 0 aliphatic heterocycles. The minimum absolute atomic E-state index is 0.0239. The minimum atomic E-state index is -3.74. The van der Waals surface area contributed by atoms with Gasteiger partial charge in [0.2, 0.25) is 10.0 Å². The van der Waals surface area contributed by atoms with Crippen molar-refractivity contribution in [2.45, 2.75) is 30.2 Å². The van der Waals surface area contributed by atoms with E-state index in [9.17, 15) is 27.1 Å². The first-order valence-electron chi connectivity index (χ1n) is 11.4. The third-order valence-corrected chi connectivity index (χ3v) is 8.20. The van der Waals surface area contributed by atoms with Crippen molar-refractivity contribution in [3.05, 3.63) is 66.7 Å². The second kappa shape index (κ2) is 11.3. The summed E-state index contributed by atoms with van der Waals surface area (Å²) in [6, 6.07) is 16.8. The van der Waals surface area contributed by atoms with Gasteiger partial charge in [-0.05, 0) is 67.8 Å². The van der Waals surface area contributed by atoms with Gasteiger partial charge in [0.25, 0.3) is 11.3 Å². The highest BCUT2D eigenvalue weighted by molar-refractivity contribution is 7.89. The average Bonchev–Trinajstić information content (AvgIpc) is 3.25. The predicted octanol–water partition coefficient (Wildman–Crippen LogP) is 4.14. The van der Waals surface area contributed by atoms with Crippen LogP contribution in [0.5, 0.6) is 5.75 Å². The number of sulfonamides is 1. The number of nitrogens with one attached hydrogen (secondary N) is 1. The first-order valence-corrected chi connectivity index (χ1v) is 13.9. The van der Waals surface area contributed by atoms with Crippen molar-refractivity contribution >= 4 is 54.9 Å². The fraction of sp³-hybridized carbons (Fsp3) is 0.240. The highest BCUT2D eigenvalue weighted by Crippen LogP contribution is 2.33. The van der Waals surface area contributed by atoms with Crippen LogP contribution in [-0.2, 0) is 26.1 Å². The molecule has 0 saturated heterocycles. The van der Waals surface area contributed by atoms with E-state index in [0.29, 0.717) is 35.1 Å². The summed E-state index contributed by atoms with van der Waals surface area (Å²) in [5, 5.41) is 11.3. The van der Waals surface area contributed by atoms with Crippen molar-refractivity contribution in [3.8, 4) is 5.75 Å². The Balaban J connectivity index is 1.44. The third-order valence-electron chi connectivity index (χ3n) is 5.92. The lowest BCUT2D eigenvalue weighted by molar-refractivity contribution is -0.138. The SMILES string of the molecule is COc1ccc(S(=O)(=O)NCCCCC(C(=O)O)N(c2ccc3oc4ccccc4c3c2)S(=O)O)cc1. The van der Waals surface area contributed by atoms with Crippen molar-refractivity contribution in [1.29, 1.82) is 0 Å². The van der Waals surface area contributed by atoms with Crippen LogP contribution in [0.4, 0.5) is 5.69 Å². The maximum atomic E-state index is 12.5. The number of hydrogen-bond acceptors (Lipinski definition) is 6. The minimum Gasteiger partial charge on any atom is -0.497 e. The van der Waals surface area contributed by atoms with E-state index in [2.05, 4.69) is 4.72 Å². The van der Waals surface area contributed by atoms with E-state index in [-0.39, 0.29) is 23.5 Å². The molecule has 1 heterocycles. The van der Waals surface area contributed by atoms with Crippen molar-refractivity contribution in [2.24, 2.45) is 0 Å². The molecular weight excluding hydrogens is 520 g/mol. The summed E-state index contributed by atoms with van der Waals surface area (Å²) in [4.78, 5) is 12.2. The number of nitrogens with zero attached hydrogens (tertiary/aromatic N) is 1. The molecule has 0 aliphatic rings. The molecule has 0 fully saturated rings. The molecule has 12 heteroatoms. The van der Waals surface area contributed by atoms with Crippen molar-refractivity contribution < 1.29 is 36.2 Å². The number of benzene rings is 3. The molecule has 196 valence electrons. The van der Waals surface area contributed by atoms with Gasteiger partial charge >= 0.3 is 5.97 Å². The van der Waals surface area contributed by atoms with E-state index in [0.717, 1.165) is 9.69 Å². The second-order valence-corrected chi connectivity index (χ2v) is 10.9. The van der Waals surface area contributed by atoms with Gasteiger partial charge in [0.15, 0.2) is 0 Å². The monoisotopic (exact) mass is 546 g/mol. The molecule has 0 bridgehead atoms. The molecule has 2 unspecified atom stereocenters. The molecule has 0 radical (unpaired) electrons. The summed E-state index contributed by atoms with van der Waals surface area (Å²) in [6.45, 7) is 0.0792. The molecule has 10 nitrogen and oxygen atoms in total. The number of hydrogen-bond donors (Lipinski definition) is 3. The van der Waals surface area contributed by atoms with Crippen LogP contribution in [0.25, 0.3) is 21.9 Å². The Morgan fingerprint density at radius 2 is 1.76 bits per heavy atom. The molecule has 3 aromatic carbocycles. The molecule has 0 aliphatic carbocycles. The number of aliphatic carboxylic acids is 1. The van der Waals surface area contributed by atoms with E-state index >= 15 is 0 Å². The van der Waals surface area contributed by atoms with E-state index in [1.165, 1.54) is 25.3 Å². The summed E-state index contributed by atoms with van der Waals surface area (Å²) in [7, 11) is -2.25. The zero-order chi connectivity index (χ0) is 26.6. The van der Waals surface area contributed by atoms with Crippen molar-refractivity contribution in [2.75, 3.05) is 18.0 Å². The van der Waals surface area contributed by atoms with Gasteiger partial charge in [0.1, 0.15) is 23.0 Å². The Kier molecular flexibility index (Phi) is 8.13. The molecule has 4 rings (SSSR count). The van der Waals surface area contributed by atoms with Gasteiger partial charge < -0.3 is 14.3 Å². The molecular formula is C25H26N2O8S2. The largest absolute Gasteiger partial charge is 0.497 e. The highest BCUT2D eigenvalue weighted by atomic mass is 32.2. The Bertz CT molecular complexity index is 1530. The van der Waals surface area contributed by atoms with Gasteiger partial charge in [0.05, 0.1) is 17.7 Å². The van der Waals surface area contributed by atoms with Crippen LogP contribution in [0.2, 0.25) is 0 Å². The number of ether oxygens (including phenoxy) is 1. The fourth-order valence-corrected chi connectivity index (χ4v) is 5.86. The van der Waals surface area contributed by atoms with Gasteiger partial charge in [-0.15, -0.1) is 0 Å². The van der Waals surface area contributed by atoms with Crippen LogP contribution < -0.4 is 13.8 Å². The number of carboxylic acids is 1. The van der Waals surface area contributed by atoms with Gasteiger partial charge in [-0.1, -0.05) is 18.2 Å². The van der Waals surface area contributed by atoms with Gasteiger partial charge in [-0.2, -0.15) is 0 Å². The zero-order valence-corrected chi connectivity index (χ0v) is 21.5. The maximum absolute atomic E-state index is 12.5. The standard InChI is InChI=1S/C25H26N2O8S2/c1-34-18-10-12-19(13-11-18)37(32,33)26-15-5-4-7-22(25(28)29)27(36(30)31)17-9-14-24-21(16-17)20-6-2-3-8-23(20)35-24/h2-3,6,8-14,16,22,26H,4-5,7,15H2,1H3,(H,28,29)(H,30,31). The summed E-state index contributed by atoms with van der Waals surface area (Å²) in [5.74, 6) is -0.733. The van der Waals surface area contributed by atoms with Crippen LogP contribution in [0.3, 0.4) is 0 Å². The van der Waals surface area contributed by atoms with E-state index in [4.69, 9.17) is 9.15 Å². The van der Waals surface area contributed by atoms with E-state index in [1.807, 2.05) is 18.2 Å². The Labute approximate surface area is 216 Å². The fourth-order valence-electron chi connectivity index (χ4n) is 4.08. The molecule has 0 spiro atoms. The summed E-state index contributed by atoms with van der Waals surface area (Å²) < 4.78 is 61.4. The normalized spacial score (nSPS) is 13.5.